The van der Waals surface area contributed by atoms with Crippen LogP contribution in [-0.2, 0) is 19.1 Å². The molecule has 2 aromatic rings. The number of carbonyl (C=O) groups excluding carboxylic acids is 2. The zero-order valence-corrected chi connectivity index (χ0v) is 19.7. The van der Waals surface area contributed by atoms with Gasteiger partial charge in [0.25, 0.3) is 0 Å². The van der Waals surface area contributed by atoms with Crippen molar-refractivity contribution in [2.75, 3.05) is 33.4 Å². The number of alkyl carbamates (subject to hydrolysis) is 1. The van der Waals surface area contributed by atoms with Crippen molar-refractivity contribution in [3.05, 3.63) is 59.7 Å². The summed E-state index contributed by atoms with van der Waals surface area (Å²) in [6.45, 7) is 0.669. The van der Waals surface area contributed by atoms with Crippen LogP contribution in [0.3, 0.4) is 0 Å². The van der Waals surface area contributed by atoms with Crippen LogP contribution in [0.15, 0.2) is 48.5 Å². The molecule has 3 atom stereocenters. The molecule has 0 spiro atoms. The molecule has 2 fully saturated rings. The molecule has 0 unspecified atom stereocenters. The number of aliphatic carboxylic acids is 1. The fourth-order valence-electron chi connectivity index (χ4n) is 6.15. The summed E-state index contributed by atoms with van der Waals surface area (Å²) in [5.41, 5.74) is 3.60. The molecule has 35 heavy (non-hydrogen) atoms. The monoisotopic (exact) mass is 478 g/mol. The fraction of sp³-hybridized carbons (Fsp3) is 0.444. The summed E-state index contributed by atoms with van der Waals surface area (Å²) in [6, 6.07) is 15.2. The molecule has 0 aromatic heterocycles. The quantitative estimate of drug-likeness (QED) is 0.633. The lowest BCUT2D eigenvalue weighted by Gasteiger charge is -2.26. The van der Waals surface area contributed by atoms with Crippen molar-refractivity contribution in [1.29, 1.82) is 0 Å². The van der Waals surface area contributed by atoms with Gasteiger partial charge in [-0.1, -0.05) is 55.0 Å². The van der Waals surface area contributed by atoms with Crippen molar-refractivity contribution in [3.63, 3.8) is 0 Å². The Balaban J connectivity index is 1.24. The van der Waals surface area contributed by atoms with E-state index >= 15 is 0 Å². The first-order chi connectivity index (χ1) is 16.9. The number of fused-ring (bicyclic) bond motifs is 4. The van der Waals surface area contributed by atoms with Crippen LogP contribution in [0.1, 0.15) is 36.3 Å². The maximum atomic E-state index is 13.2. The second-order valence-electron chi connectivity index (χ2n) is 9.75. The predicted octanol–water partition coefficient (Wildman–Crippen LogP) is 3.25. The molecular formula is C27H30N2O6. The lowest BCUT2D eigenvalue weighted by molar-refractivity contribution is -0.149. The van der Waals surface area contributed by atoms with Crippen LogP contribution in [0.5, 0.6) is 0 Å². The normalized spacial score (nSPS) is 23.3. The smallest absolute Gasteiger partial charge is 0.407 e. The van der Waals surface area contributed by atoms with Crippen LogP contribution >= 0.6 is 0 Å². The number of benzene rings is 2. The van der Waals surface area contributed by atoms with Gasteiger partial charge in [0.15, 0.2) is 0 Å². The minimum Gasteiger partial charge on any atom is -0.481 e. The number of rotatable bonds is 7. The number of carboxylic acid groups (broad SMARTS) is 1. The highest BCUT2D eigenvalue weighted by Gasteiger charge is 2.56. The van der Waals surface area contributed by atoms with E-state index in [4.69, 9.17) is 9.47 Å². The number of likely N-dealkylation sites (tertiary alicyclic amines) is 1. The number of hydrogen-bond acceptors (Lipinski definition) is 5. The van der Waals surface area contributed by atoms with Gasteiger partial charge in [-0.3, -0.25) is 9.59 Å². The van der Waals surface area contributed by atoms with E-state index in [1.54, 1.807) is 4.90 Å². The topological polar surface area (TPSA) is 105 Å². The third-order valence-corrected chi connectivity index (χ3v) is 7.88. The Kier molecular flexibility index (Phi) is 6.23. The maximum Gasteiger partial charge on any atom is 0.407 e. The molecule has 5 rings (SSSR count). The van der Waals surface area contributed by atoms with E-state index in [1.807, 2.05) is 36.4 Å². The van der Waals surface area contributed by atoms with E-state index in [2.05, 4.69) is 17.4 Å². The van der Waals surface area contributed by atoms with Crippen molar-refractivity contribution in [1.82, 2.24) is 10.2 Å². The molecule has 2 aromatic carbocycles. The lowest BCUT2D eigenvalue weighted by atomic mass is 9.81. The molecule has 8 nitrogen and oxygen atoms in total. The van der Waals surface area contributed by atoms with Gasteiger partial charge in [-0.05, 0) is 41.0 Å². The Labute approximate surface area is 204 Å². The van der Waals surface area contributed by atoms with E-state index < -0.39 is 23.5 Å². The largest absolute Gasteiger partial charge is 0.481 e. The first-order valence-electron chi connectivity index (χ1n) is 12.1. The molecule has 8 heteroatoms. The van der Waals surface area contributed by atoms with Gasteiger partial charge < -0.3 is 24.8 Å². The van der Waals surface area contributed by atoms with Gasteiger partial charge in [-0.2, -0.15) is 0 Å². The Hall–Kier alpha value is -3.39. The third-order valence-electron chi connectivity index (χ3n) is 7.88. The Morgan fingerprint density at radius 2 is 1.77 bits per heavy atom. The van der Waals surface area contributed by atoms with Crippen LogP contribution in [0.4, 0.5) is 4.79 Å². The van der Waals surface area contributed by atoms with Gasteiger partial charge in [0.1, 0.15) is 12.6 Å². The van der Waals surface area contributed by atoms with Gasteiger partial charge in [0.2, 0.25) is 5.91 Å². The molecule has 2 amide bonds. The number of methoxy groups -OCH3 is 1. The SMILES string of the molecule is COC[C@H](NC(=O)OCC1c2ccccc2-c2ccccc21)C(=O)N1C[C@@H]2CCC[C@]2(C(=O)O)C1. The van der Waals surface area contributed by atoms with Gasteiger partial charge in [0, 0.05) is 26.1 Å². The van der Waals surface area contributed by atoms with Gasteiger partial charge in [-0.25, -0.2) is 4.79 Å². The maximum absolute atomic E-state index is 13.2. The zero-order valence-electron chi connectivity index (χ0n) is 19.7. The minimum atomic E-state index is -0.944. The van der Waals surface area contributed by atoms with Crippen LogP contribution < -0.4 is 5.32 Å². The number of carboxylic acids is 1. The number of carbonyl (C=O) groups is 3. The van der Waals surface area contributed by atoms with Crippen molar-refractivity contribution >= 4 is 18.0 Å². The summed E-state index contributed by atoms with van der Waals surface area (Å²) >= 11 is 0. The second-order valence-corrected chi connectivity index (χ2v) is 9.75. The molecule has 1 heterocycles. The highest BCUT2D eigenvalue weighted by atomic mass is 16.5. The number of hydrogen-bond donors (Lipinski definition) is 2. The molecule has 2 N–H and O–H groups in total. The number of nitrogens with one attached hydrogen (secondary N) is 1. The summed E-state index contributed by atoms with van der Waals surface area (Å²) in [5, 5.41) is 12.5. The number of ether oxygens (including phenoxy) is 2. The fourth-order valence-corrected chi connectivity index (χ4v) is 6.15. The van der Waals surface area contributed by atoms with Crippen LogP contribution in [-0.4, -0.2) is 67.4 Å². The van der Waals surface area contributed by atoms with Crippen molar-refractivity contribution in [2.45, 2.75) is 31.2 Å². The average Bonchev–Trinajstić information content (AvgIpc) is 3.52. The molecule has 0 bridgehead atoms. The predicted molar refractivity (Wildman–Crippen MR) is 128 cm³/mol. The standard InChI is InChI=1S/C27H30N2O6/c1-34-15-23(24(30)29-13-17-7-6-12-27(17,16-29)25(31)32)28-26(33)35-14-22-20-10-4-2-8-18(20)19-9-3-5-11-21(19)22/h2-5,8-11,17,22-23H,6-7,12-16H2,1H3,(H,28,33)(H,31,32)/t17-,23-,27-/m0/s1. The van der Waals surface area contributed by atoms with Crippen LogP contribution in [0, 0.1) is 11.3 Å². The molecule has 2 aliphatic carbocycles. The highest BCUT2D eigenvalue weighted by Crippen LogP contribution is 2.49. The summed E-state index contributed by atoms with van der Waals surface area (Å²) in [4.78, 5) is 39.5. The Morgan fingerprint density at radius 3 is 2.37 bits per heavy atom. The number of nitrogens with zero attached hydrogens (tertiary/aromatic N) is 1. The summed E-state index contributed by atoms with van der Waals surface area (Å²) < 4.78 is 10.8. The molecule has 1 saturated carbocycles. The van der Waals surface area contributed by atoms with E-state index in [9.17, 15) is 19.5 Å². The summed E-state index contributed by atoms with van der Waals surface area (Å²) in [5.74, 6) is -1.32. The summed E-state index contributed by atoms with van der Waals surface area (Å²) in [7, 11) is 1.46. The molecule has 1 saturated heterocycles. The van der Waals surface area contributed by atoms with Crippen LogP contribution in [0.2, 0.25) is 0 Å². The average molecular weight is 479 g/mol. The van der Waals surface area contributed by atoms with E-state index in [0.717, 1.165) is 35.1 Å². The molecule has 184 valence electrons. The molecular weight excluding hydrogens is 448 g/mol. The second kappa shape index (κ2) is 9.34. The Morgan fingerprint density at radius 1 is 1.11 bits per heavy atom. The zero-order chi connectivity index (χ0) is 24.6. The molecule has 0 radical (unpaired) electrons. The lowest BCUT2D eigenvalue weighted by Crippen LogP contribution is -2.51. The first kappa shape index (κ1) is 23.4. The van der Waals surface area contributed by atoms with Gasteiger partial charge in [0.05, 0.1) is 12.0 Å². The molecule has 1 aliphatic heterocycles. The first-order valence-corrected chi connectivity index (χ1v) is 12.1. The van der Waals surface area contributed by atoms with Crippen LogP contribution in [0.25, 0.3) is 11.1 Å². The van der Waals surface area contributed by atoms with E-state index in [-0.39, 0.29) is 37.5 Å². The van der Waals surface area contributed by atoms with Gasteiger partial charge >= 0.3 is 12.1 Å². The van der Waals surface area contributed by atoms with Crippen molar-refractivity contribution < 1.29 is 29.0 Å². The van der Waals surface area contributed by atoms with E-state index in [0.29, 0.717) is 13.0 Å². The third kappa shape index (κ3) is 4.05. The highest BCUT2D eigenvalue weighted by molar-refractivity contribution is 5.88. The number of amides is 2. The van der Waals surface area contributed by atoms with Crippen molar-refractivity contribution in [3.8, 4) is 11.1 Å². The van der Waals surface area contributed by atoms with E-state index in [1.165, 1.54) is 7.11 Å². The molecule has 3 aliphatic rings. The Bertz CT molecular complexity index is 1100. The summed E-state index contributed by atoms with van der Waals surface area (Å²) in [6.07, 6.45) is 1.53. The van der Waals surface area contributed by atoms with Gasteiger partial charge in [-0.15, -0.1) is 0 Å². The van der Waals surface area contributed by atoms with Crippen molar-refractivity contribution in [2.24, 2.45) is 11.3 Å². The minimum absolute atomic E-state index is 0.0235.